The second-order valence-electron chi connectivity index (χ2n) is 4.47. The van der Waals surface area contributed by atoms with E-state index >= 15 is 0 Å². The topological polar surface area (TPSA) is 56.5 Å². The molecule has 0 unspecified atom stereocenters. The highest BCUT2D eigenvalue weighted by molar-refractivity contribution is 6.28. The molecular formula is C10H12ClN5. The lowest BCUT2D eigenvalue weighted by Gasteiger charge is -2.18. The van der Waals surface area contributed by atoms with Crippen molar-refractivity contribution in [1.29, 1.82) is 0 Å². The van der Waals surface area contributed by atoms with Gasteiger partial charge in [0.05, 0.1) is 18.1 Å². The van der Waals surface area contributed by atoms with Crippen molar-refractivity contribution in [2.24, 2.45) is 0 Å². The van der Waals surface area contributed by atoms with Crippen LogP contribution in [0.3, 0.4) is 0 Å². The first-order valence-electron chi connectivity index (χ1n) is 4.87. The van der Waals surface area contributed by atoms with Crippen molar-refractivity contribution in [3.63, 3.8) is 0 Å². The van der Waals surface area contributed by atoms with Crippen molar-refractivity contribution in [2.75, 3.05) is 0 Å². The average molecular weight is 238 g/mol. The van der Waals surface area contributed by atoms with E-state index in [1.807, 2.05) is 20.8 Å². The van der Waals surface area contributed by atoms with Crippen LogP contribution >= 0.6 is 11.6 Å². The predicted octanol–water partition coefficient (Wildman–Crippen LogP) is 2.01. The van der Waals surface area contributed by atoms with Crippen LogP contribution in [0.25, 0.3) is 5.69 Å². The summed E-state index contributed by atoms with van der Waals surface area (Å²) in [6.07, 6.45) is 4.83. The van der Waals surface area contributed by atoms with E-state index in [4.69, 9.17) is 11.6 Å². The summed E-state index contributed by atoms with van der Waals surface area (Å²) < 4.78 is 1.75. The Hall–Kier alpha value is -1.49. The van der Waals surface area contributed by atoms with Crippen LogP contribution in [-0.4, -0.2) is 24.7 Å². The molecule has 0 aliphatic carbocycles. The summed E-state index contributed by atoms with van der Waals surface area (Å²) in [6.45, 7) is 6.15. The Morgan fingerprint density at radius 3 is 2.31 bits per heavy atom. The summed E-state index contributed by atoms with van der Waals surface area (Å²) in [5.74, 6) is 0.785. The Morgan fingerprint density at radius 2 is 1.75 bits per heavy atom. The average Bonchev–Trinajstić information content (AvgIpc) is 2.61. The Bertz CT molecular complexity index is 486. The molecule has 2 heterocycles. The fourth-order valence-corrected chi connectivity index (χ4v) is 1.60. The highest BCUT2D eigenvalue weighted by atomic mass is 35.5. The summed E-state index contributed by atoms with van der Waals surface area (Å²) in [5, 5.41) is 8.29. The highest BCUT2D eigenvalue weighted by Crippen LogP contribution is 2.25. The molecule has 0 aromatic carbocycles. The van der Waals surface area contributed by atoms with Crippen molar-refractivity contribution in [2.45, 2.75) is 26.2 Å². The van der Waals surface area contributed by atoms with Crippen LogP contribution in [0, 0.1) is 0 Å². The molecule has 0 N–H and O–H groups in total. The molecule has 0 aliphatic rings. The molecule has 0 saturated heterocycles. The van der Waals surface area contributed by atoms with Gasteiger partial charge in [0.15, 0.2) is 0 Å². The summed E-state index contributed by atoms with van der Waals surface area (Å²) in [6, 6.07) is 0. The van der Waals surface area contributed by atoms with Crippen LogP contribution in [0.2, 0.25) is 5.28 Å². The van der Waals surface area contributed by atoms with Gasteiger partial charge in [-0.1, -0.05) is 20.8 Å². The van der Waals surface area contributed by atoms with Gasteiger partial charge in [0.1, 0.15) is 12.2 Å². The minimum atomic E-state index is -0.143. The fraction of sp³-hybridized carbons (Fsp3) is 0.400. The molecule has 0 aliphatic heterocycles. The molecule has 0 atom stereocenters. The first-order chi connectivity index (χ1) is 7.50. The van der Waals surface area contributed by atoms with E-state index < -0.39 is 0 Å². The zero-order valence-corrected chi connectivity index (χ0v) is 10.1. The quantitative estimate of drug-likeness (QED) is 0.761. The smallest absolute Gasteiger partial charge is 0.229 e. The van der Waals surface area contributed by atoms with Gasteiger partial charge in [-0.05, 0) is 11.6 Å². The lowest BCUT2D eigenvalue weighted by molar-refractivity contribution is 0.532. The number of hydrogen-bond acceptors (Lipinski definition) is 4. The van der Waals surface area contributed by atoms with E-state index in [-0.39, 0.29) is 5.41 Å². The van der Waals surface area contributed by atoms with Gasteiger partial charge in [-0.15, -0.1) is 10.2 Å². The fourth-order valence-electron chi connectivity index (χ4n) is 1.39. The van der Waals surface area contributed by atoms with Crippen molar-refractivity contribution in [3.05, 3.63) is 29.8 Å². The van der Waals surface area contributed by atoms with Crippen molar-refractivity contribution in [3.8, 4) is 5.69 Å². The number of rotatable bonds is 1. The van der Waals surface area contributed by atoms with E-state index in [1.54, 1.807) is 17.0 Å². The molecule has 84 valence electrons. The molecule has 2 rings (SSSR count). The standard InChI is InChI=1S/C10H12ClN5/c1-10(2,3)8-14-15-9(11)16(8)7-4-12-6-13-5-7/h4-6H,1-3H3. The first kappa shape index (κ1) is 11.0. The normalized spacial score (nSPS) is 11.8. The molecule has 16 heavy (non-hydrogen) atoms. The van der Waals surface area contributed by atoms with Crippen LogP contribution < -0.4 is 0 Å². The Balaban J connectivity index is 2.61. The van der Waals surface area contributed by atoms with Gasteiger partial charge in [0, 0.05) is 5.41 Å². The van der Waals surface area contributed by atoms with Crippen molar-refractivity contribution in [1.82, 2.24) is 24.7 Å². The molecule has 0 spiro atoms. The van der Waals surface area contributed by atoms with E-state index in [0.29, 0.717) is 5.28 Å². The summed E-state index contributed by atoms with van der Waals surface area (Å²) in [7, 11) is 0. The van der Waals surface area contributed by atoms with Crippen molar-refractivity contribution < 1.29 is 0 Å². The molecule has 0 radical (unpaired) electrons. The molecule has 0 amide bonds. The molecular weight excluding hydrogens is 226 g/mol. The van der Waals surface area contributed by atoms with Gasteiger partial charge in [0.2, 0.25) is 5.28 Å². The molecule has 5 nitrogen and oxygen atoms in total. The third-order valence-corrected chi connectivity index (χ3v) is 2.34. The third kappa shape index (κ3) is 1.90. The lowest BCUT2D eigenvalue weighted by Crippen LogP contribution is -2.18. The van der Waals surface area contributed by atoms with E-state index in [2.05, 4.69) is 20.2 Å². The molecule has 6 heteroatoms. The van der Waals surface area contributed by atoms with Gasteiger partial charge < -0.3 is 0 Å². The van der Waals surface area contributed by atoms with Crippen molar-refractivity contribution >= 4 is 11.6 Å². The van der Waals surface area contributed by atoms with Crippen LogP contribution in [0.5, 0.6) is 0 Å². The number of hydrogen-bond donors (Lipinski definition) is 0. The zero-order valence-electron chi connectivity index (χ0n) is 9.35. The van der Waals surface area contributed by atoms with Gasteiger partial charge in [-0.25, -0.2) is 9.97 Å². The lowest BCUT2D eigenvalue weighted by atomic mass is 9.95. The Labute approximate surface area is 98.5 Å². The largest absolute Gasteiger partial charge is 0.266 e. The summed E-state index contributed by atoms with van der Waals surface area (Å²) >= 11 is 6.02. The van der Waals surface area contributed by atoms with Crippen LogP contribution in [-0.2, 0) is 5.41 Å². The monoisotopic (exact) mass is 237 g/mol. The summed E-state index contributed by atoms with van der Waals surface area (Å²) in [5.41, 5.74) is 0.623. The SMILES string of the molecule is CC(C)(C)c1nnc(Cl)n1-c1cncnc1. The van der Waals surface area contributed by atoms with Gasteiger partial charge in [-0.3, -0.25) is 4.57 Å². The van der Waals surface area contributed by atoms with Crippen LogP contribution in [0.4, 0.5) is 0 Å². The van der Waals surface area contributed by atoms with Crippen LogP contribution in [0.1, 0.15) is 26.6 Å². The maximum absolute atomic E-state index is 6.02. The maximum atomic E-state index is 6.02. The molecule has 2 aromatic rings. The van der Waals surface area contributed by atoms with E-state index in [9.17, 15) is 0 Å². The maximum Gasteiger partial charge on any atom is 0.229 e. The molecule has 0 bridgehead atoms. The highest BCUT2D eigenvalue weighted by Gasteiger charge is 2.24. The first-order valence-corrected chi connectivity index (χ1v) is 5.25. The predicted molar refractivity (Wildman–Crippen MR) is 60.7 cm³/mol. The minimum Gasteiger partial charge on any atom is -0.266 e. The second kappa shape index (κ2) is 3.83. The molecule has 2 aromatic heterocycles. The second-order valence-corrected chi connectivity index (χ2v) is 4.81. The van der Waals surface area contributed by atoms with E-state index in [0.717, 1.165) is 11.5 Å². The van der Waals surface area contributed by atoms with E-state index in [1.165, 1.54) is 6.33 Å². The summed E-state index contributed by atoms with van der Waals surface area (Å²) in [4.78, 5) is 7.92. The van der Waals surface area contributed by atoms with Gasteiger partial charge in [0.25, 0.3) is 0 Å². The molecule has 0 saturated carbocycles. The van der Waals surface area contributed by atoms with Gasteiger partial charge >= 0.3 is 0 Å². The Morgan fingerprint density at radius 1 is 1.12 bits per heavy atom. The zero-order chi connectivity index (χ0) is 11.8. The minimum absolute atomic E-state index is 0.143. The third-order valence-electron chi connectivity index (χ3n) is 2.10. The Kier molecular flexibility index (Phi) is 2.63. The number of halogens is 1. The van der Waals surface area contributed by atoms with Gasteiger partial charge in [-0.2, -0.15) is 0 Å². The molecule has 0 fully saturated rings. The number of aromatic nitrogens is 5. The van der Waals surface area contributed by atoms with Crippen LogP contribution in [0.15, 0.2) is 18.7 Å². The number of nitrogens with zero attached hydrogens (tertiary/aromatic N) is 5.